The van der Waals surface area contributed by atoms with Gasteiger partial charge in [-0.1, -0.05) is 17.3 Å². The summed E-state index contributed by atoms with van der Waals surface area (Å²) in [6.07, 6.45) is 4.44. The number of aromatic nitrogens is 3. The second-order valence-corrected chi connectivity index (χ2v) is 4.67. The molecule has 0 saturated heterocycles. The molecule has 0 amide bonds. The summed E-state index contributed by atoms with van der Waals surface area (Å²) in [5.74, 6) is 0.908. The van der Waals surface area contributed by atoms with Gasteiger partial charge in [0.1, 0.15) is 12.1 Å². The first-order valence-electron chi connectivity index (χ1n) is 6.29. The third-order valence-corrected chi connectivity index (χ3v) is 3.47. The van der Waals surface area contributed by atoms with Crippen molar-refractivity contribution in [3.8, 4) is 0 Å². The number of nitrogens with zero attached hydrogens (tertiary/aromatic N) is 4. The van der Waals surface area contributed by atoms with Crippen molar-refractivity contribution < 1.29 is 4.52 Å². The number of para-hydroxylation sites is 2. The molecule has 0 fully saturated rings. The molecule has 1 aliphatic heterocycles. The van der Waals surface area contributed by atoms with E-state index in [2.05, 4.69) is 20.0 Å². The van der Waals surface area contributed by atoms with Gasteiger partial charge in [-0.05, 0) is 12.1 Å². The third kappa shape index (κ3) is 1.74. The minimum Gasteiger partial charge on any atom is -0.364 e. The van der Waals surface area contributed by atoms with Crippen LogP contribution in [-0.2, 0) is 13.0 Å². The Morgan fingerprint density at radius 3 is 3.00 bits per heavy atom. The average Bonchev–Trinajstić information content (AvgIpc) is 2.94. The fourth-order valence-electron chi connectivity index (χ4n) is 2.44. The number of hydrogen-bond acceptors (Lipinski definition) is 5. The van der Waals surface area contributed by atoms with Crippen LogP contribution in [0.2, 0.25) is 0 Å². The van der Waals surface area contributed by atoms with E-state index in [0.29, 0.717) is 0 Å². The van der Waals surface area contributed by atoms with E-state index in [9.17, 15) is 0 Å². The van der Waals surface area contributed by atoms with Crippen molar-refractivity contribution in [3.63, 3.8) is 0 Å². The summed E-state index contributed by atoms with van der Waals surface area (Å²) in [5, 5.41) is 4.00. The summed E-state index contributed by atoms with van der Waals surface area (Å²) in [6, 6.07) is 7.91. The summed E-state index contributed by atoms with van der Waals surface area (Å²) < 4.78 is 5.01. The van der Waals surface area contributed by atoms with Crippen LogP contribution in [0.3, 0.4) is 0 Å². The lowest BCUT2D eigenvalue weighted by molar-refractivity contribution is 0.412. The smallest absolute Gasteiger partial charge is 0.148 e. The summed E-state index contributed by atoms with van der Waals surface area (Å²) in [5.41, 5.74) is 4.05. The fraction of sp³-hybridized carbons (Fsp3) is 0.214. The molecule has 0 N–H and O–H groups in total. The van der Waals surface area contributed by atoms with Crippen LogP contribution in [-0.4, -0.2) is 21.7 Å². The van der Waals surface area contributed by atoms with Crippen molar-refractivity contribution in [1.29, 1.82) is 0 Å². The monoisotopic (exact) mass is 252 g/mol. The largest absolute Gasteiger partial charge is 0.364 e. The van der Waals surface area contributed by atoms with Gasteiger partial charge in [-0.15, -0.1) is 0 Å². The maximum absolute atomic E-state index is 5.01. The Morgan fingerprint density at radius 2 is 2.05 bits per heavy atom. The first kappa shape index (κ1) is 10.5. The highest BCUT2D eigenvalue weighted by Crippen LogP contribution is 2.23. The molecule has 5 heteroatoms. The van der Waals surface area contributed by atoms with Crippen molar-refractivity contribution in [2.45, 2.75) is 13.0 Å². The molecule has 0 aliphatic carbocycles. The van der Waals surface area contributed by atoms with Gasteiger partial charge in [0.25, 0.3) is 0 Å². The van der Waals surface area contributed by atoms with Gasteiger partial charge in [-0.2, -0.15) is 0 Å². The minimum atomic E-state index is 0.784. The van der Waals surface area contributed by atoms with E-state index >= 15 is 0 Å². The fourth-order valence-corrected chi connectivity index (χ4v) is 2.44. The molecule has 0 bridgehead atoms. The topological polar surface area (TPSA) is 55.1 Å². The lowest BCUT2D eigenvalue weighted by Gasteiger charge is -2.26. The van der Waals surface area contributed by atoms with E-state index in [0.717, 1.165) is 47.6 Å². The van der Waals surface area contributed by atoms with Gasteiger partial charge in [-0.25, -0.2) is 4.98 Å². The van der Waals surface area contributed by atoms with Crippen LogP contribution in [0.15, 0.2) is 41.2 Å². The average molecular weight is 252 g/mol. The van der Waals surface area contributed by atoms with Crippen LogP contribution in [0, 0.1) is 0 Å². The molecule has 3 aromatic rings. The minimum absolute atomic E-state index is 0.784. The van der Waals surface area contributed by atoms with E-state index < -0.39 is 0 Å². The first-order valence-corrected chi connectivity index (χ1v) is 6.29. The first-order chi connectivity index (χ1) is 9.40. The van der Waals surface area contributed by atoms with Crippen molar-refractivity contribution in [2.75, 3.05) is 11.4 Å². The second kappa shape index (κ2) is 4.05. The van der Waals surface area contributed by atoms with Crippen molar-refractivity contribution in [1.82, 2.24) is 15.1 Å². The maximum Gasteiger partial charge on any atom is 0.148 e. The molecule has 19 heavy (non-hydrogen) atoms. The van der Waals surface area contributed by atoms with Gasteiger partial charge in [0.05, 0.1) is 22.9 Å². The Balaban J connectivity index is 1.71. The molecule has 1 aromatic carbocycles. The highest BCUT2D eigenvalue weighted by molar-refractivity contribution is 5.75. The van der Waals surface area contributed by atoms with Crippen LogP contribution in [0.1, 0.15) is 11.3 Å². The molecule has 0 spiro atoms. The molecular weight excluding hydrogens is 240 g/mol. The molecule has 4 rings (SSSR count). The van der Waals surface area contributed by atoms with Crippen molar-refractivity contribution in [3.05, 3.63) is 48.0 Å². The molecule has 1 aliphatic rings. The normalized spacial score (nSPS) is 14.6. The summed E-state index contributed by atoms with van der Waals surface area (Å²) in [6.45, 7) is 1.68. The van der Waals surface area contributed by atoms with Gasteiger partial charge < -0.3 is 9.42 Å². The highest BCUT2D eigenvalue weighted by Gasteiger charge is 2.20. The molecule has 0 atom stereocenters. The van der Waals surface area contributed by atoms with Crippen LogP contribution in [0.4, 0.5) is 5.82 Å². The number of benzene rings is 1. The molecule has 94 valence electrons. The highest BCUT2D eigenvalue weighted by atomic mass is 16.5. The number of rotatable bonds is 1. The quantitative estimate of drug-likeness (QED) is 0.664. The Morgan fingerprint density at radius 1 is 1.16 bits per heavy atom. The van der Waals surface area contributed by atoms with E-state index in [1.165, 1.54) is 0 Å². The predicted octanol–water partition coefficient (Wildman–Crippen LogP) is 2.18. The van der Waals surface area contributed by atoms with Crippen molar-refractivity contribution >= 4 is 16.9 Å². The molecule has 3 heterocycles. The maximum atomic E-state index is 5.01. The zero-order chi connectivity index (χ0) is 12.7. The van der Waals surface area contributed by atoms with Gasteiger partial charge in [-0.3, -0.25) is 4.98 Å². The Hall–Kier alpha value is -2.43. The van der Waals surface area contributed by atoms with E-state index in [4.69, 9.17) is 4.52 Å². The lowest BCUT2D eigenvalue weighted by Crippen LogP contribution is -2.30. The second-order valence-electron chi connectivity index (χ2n) is 4.67. The third-order valence-electron chi connectivity index (χ3n) is 3.47. The number of fused-ring (bicyclic) bond motifs is 2. The van der Waals surface area contributed by atoms with E-state index in [1.54, 1.807) is 6.26 Å². The molecule has 2 aromatic heterocycles. The molecule has 0 radical (unpaired) electrons. The molecular formula is C14H12N4O. The summed E-state index contributed by atoms with van der Waals surface area (Å²) in [7, 11) is 0. The molecule has 0 saturated carbocycles. The van der Waals surface area contributed by atoms with Gasteiger partial charge >= 0.3 is 0 Å². The van der Waals surface area contributed by atoms with Crippen LogP contribution >= 0.6 is 0 Å². The van der Waals surface area contributed by atoms with Crippen LogP contribution in [0.25, 0.3) is 11.0 Å². The standard InChI is InChI=1S/C14H12N4O/c1-2-4-13-12(3-1)15-7-14(16-13)18-6-5-11-10(8-18)9-19-17-11/h1-4,7,9H,5-6,8H2. The van der Waals surface area contributed by atoms with Gasteiger partial charge in [0, 0.05) is 25.1 Å². The van der Waals surface area contributed by atoms with Crippen LogP contribution in [0.5, 0.6) is 0 Å². The number of anilines is 1. The Labute approximate surface area is 109 Å². The zero-order valence-corrected chi connectivity index (χ0v) is 10.3. The van der Waals surface area contributed by atoms with Gasteiger partial charge in [0.15, 0.2) is 0 Å². The molecule has 5 nitrogen and oxygen atoms in total. The van der Waals surface area contributed by atoms with Crippen molar-refractivity contribution in [2.24, 2.45) is 0 Å². The number of hydrogen-bond donors (Lipinski definition) is 0. The Bertz CT molecular complexity index is 737. The predicted molar refractivity (Wildman–Crippen MR) is 70.8 cm³/mol. The van der Waals surface area contributed by atoms with Gasteiger partial charge in [0.2, 0.25) is 0 Å². The Kier molecular flexibility index (Phi) is 2.24. The van der Waals surface area contributed by atoms with E-state index in [-0.39, 0.29) is 0 Å². The van der Waals surface area contributed by atoms with Crippen LogP contribution < -0.4 is 4.90 Å². The summed E-state index contributed by atoms with van der Waals surface area (Å²) >= 11 is 0. The zero-order valence-electron chi connectivity index (χ0n) is 10.3. The van der Waals surface area contributed by atoms with E-state index in [1.807, 2.05) is 30.5 Å². The molecule has 0 unspecified atom stereocenters. The SMILES string of the molecule is c1ccc2nc(N3CCc4nocc4C3)cnc2c1. The summed E-state index contributed by atoms with van der Waals surface area (Å²) in [4.78, 5) is 11.3. The lowest BCUT2D eigenvalue weighted by atomic mass is 10.1.